The molecule has 0 aromatic rings. The van der Waals surface area contributed by atoms with Crippen molar-refractivity contribution in [2.24, 2.45) is 11.5 Å². The molecule has 5 nitrogen and oxygen atoms in total. The van der Waals surface area contributed by atoms with Crippen LogP contribution in [0.5, 0.6) is 0 Å². The van der Waals surface area contributed by atoms with E-state index in [4.69, 9.17) is 11.5 Å². The standard InChI is InChI=1S/C9H15N3O2/c10-6(3-4-8(11)13)9(14)7-2-1-5-12-7/h1-2,6-7,12H,3-5,10H2,(H2,11,13)/t6-,7?/m0/s1. The minimum Gasteiger partial charge on any atom is -0.370 e. The lowest BCUT2D eigenvalue weighted by Gasteiger charge is -2.13. The number of nitrogens with one attached hydrogen (secondary N) is 1. The number of hydrogen-bond acceptors (Lipinski definition) is 4. The lowest BCUT2D eigenvalue weighted by Crippen LogP contribution is -2.43. The number of ketones is 1. The fourth-order valence-corrected chi connectivity index (χ4v) is 1.33. The van der Waals surface area contributed by atoms with E-state index < -0.39 is 11.9 Å². The molecule has 0 spiro atoms. The highest BCUT2D eigenvalue weighted by atomic mass is 16.1. The number of nitrogens with two attached hydrogens (primary N) is 2. The first-order valence-electron chi connectivity index (χ1n) is 4.59. The van der Waals surface area contributed by atoms with Gasteiger partial charge in [-0.1, -0.05) is 12.2 Å². The number of hydrogen-bond donors (Lipinski definition) is 3. The summed E-state index contributed by atoms with van der Waals surface area (Å²) in [7, 11) is 0. The summed E-state index contributed by atoms with van der Waals surface area (Å²) in [6, 6.07) is -0.902. The summed E-state index contributed by atoms with van der Waals surface area (Å²) in [4.78, 5) is 22.0. The Labute approximate surface area is 82.5 Å². The third-order valence-corrected chi connectivity index (χ3v) is 2.16. The Kier molecular flexibility index (Phi) is 3.79. The first kappa shape index (κ1) is 10.9. The van der Waals surface area contributed by atoms with Gasteiger partial charge in [0, 0.05) is 13.0 Å². The van der Waals surface area contributed by atoms with E-state index in [1.54, 1.807) is 6.08 Å². The maximum atomic E-state index is 11.6. The van der Waals surface area contributed by atoms with Gasteiger partial charge in [-0.3, -0.25) is 9.59 Å². The van der Waals surface area contributed by atoms with Crippen LogP contribution in [0.3, 0.4) is 0 Å². The van der Waals surface area contributed by atoms with Crippen LogP contribution in [0.25, 0.3) is 0 Å². The number of carbonyl (C=O) groups is 2. The highest BCUT2D eigenvalue weighted by Gasteiger charge is 2.23. The van der Waals surface area contributed by atoms with Crippen LogP contribution in [0.2, 0.25) is 0 Å². The molecule has 2 atom stereocenters. The average molecular weight is 197 g/mol. The molecule has 5 N–H and O–H groups in total. The Balaban J connectivity index is 2.35. The van der Waals surface area contributed by atoms with Gasteiger partial charge in [-0.2, -0.15) is 0 Å². The topological polar surface area (TPSA) is 98.2 Å². The molecule has 78 valence electrons. The Morgan fingerprint density at radius 1 is 1.57 bits per heavy atom. The largest absolute Gasteiger partial charge is 0.370 e. The molecule has 0 saturated heterocycles. The van der Waals surface area contributed by atoms with E-state index in [1.165, 1.54) is 0 Å². The minimum absolute atomic E-state index is 0.0833. The molecule has 0 aliphatic carbocycles. The van der Waals surface area contributed by atoms with Crippen molar-refractivity contribution in [3.05, 3.63) is 12.2 Å². The average Bonchev–Trinajstić information content (AvgIpc) is 2.65. The number of carbonyl (C=O) groups excluding carboxylic acids is 2. The van der Waals surface area contributed by atoms with Crippen LogP contribution >= 0.6 is 0 Å². The van der Waals surface area contributed by atoms with Crippen molar-refractivity contribution in [3.63, 3.8) is 0 Å². The van der Waals surface area contributed by atoms with E-state index in [1.807, 2.05) is 6.08 Å². The summed E-state index contributed by atoms with van der Waals surface area (Å²) in [5.74, 6) is -0.511. The van der Waals surface area contributed by atoms with Gasteiger partial charge in [0.2, 0.25) is 5.91 Å². The highest BCUT2D eigenvalue weighted by Crippen LogP contribution is 2.03. The van der Waals surface area contributed by atoms with Crippen LogP contribution in [0.15, 0.2) is 12.2 Å². The Morgan fingerprint density at radius 2 is 2.29 bits per heavy atom. The van der Waals surface area contributed by atoms with Crippen molar-refractivity contribution >= 4 is 11.7 Å². The van der Waals surface area contributed by atoms with Crippen LogP contribution in [-0.2, 0) is 9.59 Å². The zero-order chi connectivity index (χ0) is 10.6. The second-order valence-corrected chi connectivity index (χ2v) is 3.33. The van der Waals surface area contributed by atoms with Crippen molar-refractivity contribution in [3.8, 4) is 0 Å². The predicted octanol–water partition coefficient (Wildman–Crippen LogP) is -1.32. The van der Waals surface area contributed by atoms with Crippen LogP contribution in [0.1, 0.15) is 12.8 Å². The van der Waals surface area contributed by atoms with Crippen LogP contribution in [0, 0.1) is 0 Å². The van der Waals surface area contributed by atoms with E-state index in [0.29, 0.717) is 13.0 Å². The van der Waals surface area contributed by atoms with Gasteiger partial charge >= 0.3 is 0 Å². The quantitative estimate of drug-likeness (QED) is 0.476. The van der Waals surface area contributed by atoms with Gasteiger partial charge in [0.05, 0.1) is 12.1 Å². The normalized spacial score (nSPS) is 22.2. The molecule has 0 saturated carbocycles. The van der Waals surface area contributed by atoms with Crippen LogP contribution in [0.4, 0.5) is 0 Å². The number of Topliss-reactive ketones (excluding diaryl/α,β-unsaturated/α-hetero) is 1. The van der Waals surface area contributed by atoms with Crippen molar-refractivity contribution in [1.82, 2.24) is 5.32 Å². The molecular weight excluding hydrogens is 182 g/mol. The molecule has 1 heterocycles. The van der Waals surface area contributed by atoms with E-state index in [9.17, 15) is 9.59 Å². The van der Waals surface area contributed by atoms with Crippen LogP contribution in [-0.4, -0.2) is 30.3 Å². The lowest BCUT2D eigenvalue weighted by atomic mass is 10.0. The van der Waals surface area contributed by atoms with Crippen molar-refractivity contribution < 1.29 is 9.59 Å². The third-order valence-electron chi connectivity index (χ3n) is 2.16. The number of rotatable bonds is 5. The first-order chi connectivity index (χ1) is 6.61. The molecule has 0 fully saturated rings. The zero-order valence-electron chi connectivity index (χ0n) is 7.90. The highest BCUT2D eigenvalue weighted by molar-refractivity contribution is 5.91. The maximum absolute atomic E-state index is 11.6. The van der Waals surface area contributed by atoms with Gasteiger partial charge < -0.3 is 16.8 Å². The zero-order valence-corrected chi connectivity index (χ0v) is 7.90. The Bertz CT molecular complexity index is 263. The summed E-state index contributed by atoms with van der Waals surface area (Å²) in [6.07, 6.45) is 4.14. The summed E-state index contributed by atoms with van der Waals surface area (Å²) in [5.41, 5.74) is 10.6. The van der Waals surface area contributed by atoms with Crippen molar-refractivity contribution in [1.29, 1.82) is 0 Å². The molecule has 14 heavy (non-hydrogen) atoms. The van der Waals surface area contributed by atoms with Gasteiger partial charge in [-0.15, -0.1) is 0 Å². The first-order valence-corrected chi connectivity index (χ1v) is 4.59. The second kappa shape index (κ2) is 4.88. The van der Waals surface area contributed by atoms with E-state index in [-0.39, 0.29) is 18.2 Å². The number of primary amides is 1. The van der Waals surface area contributed by atoms with E-state index in [2.05, 4.69) is 5.32 Å². The van der Waals surface area contributed by atoms with Crippen LogP contribution < -0.4 is 16.8 Å². The summed E-state index contributed by atoms with van der Waals surface area (Å²) < 4.78 is 0. The molecule has 1 aliphatic rings. The summed E-state index contributed by atoms with van der Waals surface area (Å²) in [6.45, 7) is 0.693. The van der Waals surface area contributed by atoms with Gasteiger partial charge in [0.1, 0.15) is 0 Å². The summed E-state index contributed by atoms with van der Waals surface area (Å²) >= 11 is 0. The lowest BCUT2D eigenvalue weighted by molar-refractivity contribution is -0.121. The molecule has 0 bridgehead atoms. The molecule has 0 radical (unpaired) electrons. The van der Waals surface area contributed by atoms with Gasteiger partial charge in [0.15, 0.2) is 5.78 Å². The van der Waals surface area contributed by atoms with E-state index in [0.717, 1.165) is 0 Å². The monoisotopic (exact) mass is 197 g/mol. The fourth-order valence-electron chi connectivity index (χ4n) is 1.33. The molecule has 1 amide bonds. The predicted molar refractivity (Wildman–Crippen MR) is 52.3 cm³/mol. The van der Waals surface area contributed by atoms with Gasteiger partial charge in [-0.25, -0.2) is 0 Å². The van der Waals surface area contributed by atoms with Gasteiger partial charge in [0.25, 0.3) is 0 Å². The third kappa shape index (κ3) is 2.93. The SMILES string of the molecule is NC(=O)CC[C@H](N)C(=O)C1C=CCN1. The van der Waals surface area contributed by atoms with Crippen molar-refractivity contribution in [2.75, 3.05) is 6.54 Å². The fraction of sp³-hybridized carbons (Fsp3) is 0.556. The Morgan fingerprint density at radius 3 is 2.79 bits per heavy atom. The molecule has 1 aliphatic heterocycles. The maximum Gasteiger partial charge on any atom is 0.217 e. The molecule has 0 aromatic carbocycles. The molecular formula is C9H15N3O2. The Hall–Kier alpha value is -1.20. The second-order valence-electron chi connectivity index (χ2n) is 3.33. The van der Waals surface area contributed by atoms with Gasteiger partial charge in [-0.05, 0) is 6.42 Å². The molecule has 1 rings (SSSR count). The summed E-state index contributed by atoms with van der Waals surface area (Å²) in [5, 5.41) is 2.97. The minimum atomic E-state index is -0.609. The molecule has 0 aromatic heterocycles. The van der Waals surface area contributed by atoms with E-state index >= 15 is 0 Å². The molecule has 5 heteroatoms. The van der Waals surface area contributed by atoms with Crippen molar-refractivity contribution in [2.45, 2.75) is 24.9 Å². The number of amides is 1. The smallest absolute Gasteiger partial charge is 0.217 e. The molecule has 1 unspecified atom stereocenters.